The zero-order chi connectivity index (χ0) is 8.97. The van der Waals surface area contributed by atoms with Gasteiger partial charge in [0.1, 0.15) is 0 Å². The normalized spacial score (nSPS) is 13.2. The highest BCUT2D eigenvalue weighted by molar-refractivity contribution is 7.70. The molecule has 65 valence electrons. The van der Waals surface area contributed by atoms with Crippen molar-refractivity contribution in [1.29, 1.82) is 0 Å². The summed E-state index contributed by atoms with van der Waals surface area (Å²) in [4.78, 5) is 0. The molecule has 0 amide bonds. The van der Waals surface area contributed by atoms with Crippen molar-refractivity contribution in [2.45, 2.75) is 13.0 Å². The predicted octanol–water partition coefficient (Wildman–Crippen LogP) is 0.664. The fourth-order valence-electron chi connectivity index (χ4n) is 0.909. The molecule has 0 aromatic heterocycles. The summed E-state index contributed by atoms with van der Waals surface area (Å²) in [5.74, 6) is 0. The molecule has 1 rings (SSSR count). The Morgan fingerprint density at radius 2 is 2.33 bits per heavy atom. The molecule has 4 heteroatoms. The van der Waals surface area contributed by atoms with Gasteiger partial charge in [-0.05, 0) is 24.6 Å². The largest absolute Gasteiger partial charge is 0.215 e. The quantitative estimate of drug-likeness (QED) is 0.678. The molecule has 0 saturated heterocycles. The Morgan fingerprint density at radius 3 is 2.83 bits per heavy atom. The second-order valence-electron chi connectivity index (χ2n) is 2.44. The van der Waals surface area contributed by atoms with Gasteiger partial charge in [-0.3, -0.25) is 0 Å². The van der Waals surface area contributed by atoms with E-state index < -0.39 is 10.9 Å². The molecule has 0 aliphatic rings. The van der Waals surface area contributed by atoms with Gasteiger partial charge in [-0.15, -0.1) is 0 Å². The van der Waals surface area contributed by atoms with Gasteiger partial charge in [0.2, 0.25) is 10.9 Å². The molecule has 1 radical (unpaired) electrons. The van der Waals surface area contributed by atoms with Crippen molar-refractivity contribution in [3.63, 3.8) is 0 Å². The molecule has 1 unspecified atom stereocenters. The molecule has 0 bridgehead atoms. The van der Waals surface area contributed by atoms with Crippen LogP contribution in [-0.2, 0) is 10.9 Å². The maximum atomic E-state index is 10.3. The van der Waals surface area contributed by atoms with Gasteiger partial charge in [0.15, 0.2) is 0 Å². The topological polar surface area (TPSA) is 46.2 Å². The predicted molar refractivity (Wildman–Crippen MR) is 47.1 cm³/mol. The molecular weight excluding hydrogens is 174 g/mol. The number of thiol groups is 1. The molecule has 1 atom stereocenters. The maximum Gasteiger partial charge on any atom is 0.201 e. The third kappa shape index (κ3) is 2.64. The molecule has 0 heterocycles. The van der Waals surface area contributed by atoms with Crippen LogP contribution in [0.4, 0.5) is 0 Å². The van der Waals surface area contributed by atoms with E-state index in [0.29, 0.717) is 0 Å². The molecule has 0 aliphatic heterocycles. The highest BCUT2D eigenvalue weighted by Gasteiger charge is 2.02. The van der Waals surface area contributed by atoms with E-state index in [9.17, 15) is 8.42 Å². The molecule has 0 aliphatic carbocycles. The third-order valence-electron chi connectivity index (χ3n) is 1.53. The molecular formula is C8H10NO2S. The van der Waals surface area contributed by atoms with Crippen LogP contribution in [0.1, 0.15) is 18.5 Å². The molecule has 1 aromatic carbocycles. The molecule has 0 spiro atoms. The van der Waals surface area contributed by atoms with Gasteiger partial charge >= 0.3 is 0 Å². The van der Waals surface area contributed by atoms with E-state index in [4.69, 9.17) is 0 Å². The van der Waals surface area contributed by atoms with Crippen molar-refractivity contribution < 1.29 is 8.42 Å². The zero-order valence-electron chi connectivity index (χ0n) is 6.65. The minimum atomic E-state index is -2.53. The lowest BCUT2D eigenvalue weighted by Crippen LogP contribution is -2.15. The van der Waals surface area contributed by atoms with E-state index in [-0.39, 0.29) is 6.04 Å². The van der Waals surface area contributed by atoms with Gasteiger partial charge in [-0.2, -0.15) is 0 Å². The number of nitrogens with one attached hydrogen (secondary N) is 1. The Bertz CT molecular complexity index is 300. The lowest BCUT2D eigenvalue weighted by atomic mass is 10.1. The van der Waals surface area contributed by atoms with E-state index >= 15 is 0 Å². The average Bonchev–Trinajstić information content (AvgIpc) is 2.05. The first kappa shape index (κ1) is 9.22. The van der Waals surface area contributed by atoms with Crippen LogP contribution in [0.25, 0.3) is 0 Å². The van der Waals surface area contributed by atoms with Gasteiger partial charge in [-0.25, -0.2) is 13.1 Å². The van der Waals surface area contributed by atoms with Gasteiger partial charge in [-0.1, -0.05) is 18.2 Å². The van der Waals surface area contributed by atoms with Crippen molar-refractivity contribution in [2.75, 3.05) is 0 Å². The average molecular weight is 184 g/mol. The van der Waals surface area contributed by atoms with Crippen molar-refractivity contribution in [3.05, 3.63) is 35.9 Å². The summed E-state index contributed by atoms with van der Waals surface area (Å²) in [6, 6.07) is 9.91. The van der Waals surface area contributed by atoms with Gasteiger partial charge in [0.25, 0.3) is 0 Å². The lowest BCUT2D eigenvalue weighted by Gasteiger charge is -2.07. The van der Waals surface area contributed by atoms with Crippen LogP contribution in [0.3, 0.4) is 0 Å². The standard InChI is InChI=1S/C8H10NO2S/c1-7(9-12(10)11)8-5-3-2-4-6-8/h2-3,5-7,12H,1H3,(H,9,10,11). The van der Waals surface area contributed by atoms with Gasteiger partial charge in [0, 0.05) is 6.04 Å². The molecule has 1 aromatic rings. The molecule has 3 nitrogen and oxygen atoms in total. The van der Waals surface area contributed by atoms with E-state index in [1.807, 2.05) is 12.1 Å². The van der Waals surface area contributed by atoms with E-state index in [1.165, 1.54) is 0 Å². The molecule has 12 heavy (non-hydrogen) atoms. The Hall–Kier alpha value is -0.870. The summed E-state index contributed by atoms with van der Waals surface area (Å²) in [7, 11) is -2.53. The second kappa shape index (κ2) is 4.23. The van der Waals surface area contributed by atoms with Crippen molar-refractivity contribution >= 4 is 10.9 Å². The summed E-state index contributed by atoms with van der Waals surface area (Å²) in [5, 5.41) is 0. The molecule has 0 saturated carbocycles. The minimum Gasteiger partial charge on any atom is -0.215 e. The summed E-state index contributed by atoms with van der Waals surface area (Å²) in [6.07, 6.45) is 0. The SMILES string of the molecule is CC(N[SH](=O)=O)c1c[c]ccc1. The van der Waals surface area contributed by atoms with Crippen LogP contribution >= 0.6 is 0 Å². The fraction of sp³-hybridized carbons (Fsp3) is 0.250. The maximum absolute atomic E-state index is 10.3. The zero-order valence-corrected chi connectivity index (χ0v) is 7.54. The highest BCUT2D eigenvalue weighted by atomic mass is 32.2. The van der Waals surface area contributed by atoms with E-state index in [1.54, 1.807) is 19.1 Å². The van der Waals surface area contributed by atoms with Crippen LogP contribution in [-0.4, -0.2) is 8.42 Å². The first-order chi connectivity index (χ1) is 5.70. The Kier molecular flexibility index (Phi) is 3.25. The second-order valence-corrected chi connectivity index (χ2v) is 3.22. The van der Waals surface area contributed by atoms with Crippen LogP contribution in [0.5, 0.6) is 0 Å². The van der Waals surface area contributed by atoms with Crippen LogP contribution < -0.4 is 4.72 Å². The number of hydrogen-bond donors (Lipinski definition) is 2. The fourth-order valence-corrected chi connectivity index (χ4v) is 1.37. The Balaban J connectivity index is 2.71. The van der Waals surface area contributed by atoms with Crippen LogP contribution in [0, 0.1) is 6.07 Å². The summed E-state index contributed by atoms with van der Waals surface area (Å²) >= 11 is 0. The Labute approximate surface area is 73.5 Å². The highest BCUT2D eigenvalue weighted by Crippen LogP contribution is 2.09. The van der Waals surface area contributed by atoms with Crippen LogP contribution in [0.15, 0.2) is 24.3 Å². The number of benzene rings is 1. The summed E-state index contributed by atoms with van der Waals surface area (Å²) < 4.78 is 23.0. The molecule has 1 N–H and O–H groups in total. The van der Waals surface area contributed by atoms with Crippen molar-refractivity contribution in [3.8, 4) is 0 Å². The van der Waals surface area contributed by atoms with Gasteiger partial charge in [0.05, 0.1) is 0 Å². The number of hydrogen-bond acceptors (Lipinski definition) is 2. The Morgan fingerprint density at radius 1 is 1.58 bits per heavy atom. The lowest BCUT2D eigenvalue weighted by molar-refractivity contribution is 0.587. The monoisotopic (exact) mass is 184 g/mol. The summed E-state index contributed by atoms with van der Waals surface area (Å²) in [6.45, 7) is 1.79. The number of rotatable bonds is 3. The molecule has 0 fully saturated rings. The summed E-state index contributed by atoms with van der Waals surface area (Å²) in [5.41, 5.74) is 0.914. The van der Waals surface area contributed by atoms with Gasteiger partial charge < -0.3 is 0 Å². The van der Waals surface area contributed by atoms with Crippen LogP contribution in [0.2, 0.25) is 0 Å². The van der Waals surface area contributed by atoms with Crippen molar-refractivity contribution in [1.82, 2.24) is 4.72 Å². The van der Waals surface area contributed by atoms with E-state index in [0.717, 1.165) is 5.56 Å². The third-order valence-corrected chi connectivity index (χ3v) is 2.13. The van der Waals surface area contributed by atoms with Crippen molar-refractivity contribution in [2.24, 2.45) is 0 Å². The first-order valence-corrected chi connectivity index (χ1v) is 4.74. The first-order valence-electron chi connectivity index (χ1n) is 3.56. The minimum absolute atomic E-state index is 0.177. The van der Waals surface area contributed by atoms with E-state index in [2.05, 4.69) is 10.8 Å². The smallest absolute Gasteiger partial charge is 0.201 e.